The molecule has 0 radical (unpaired) electrons. The maximum absolute atomic E-state index is 11.4. The molecule has 4 nitrogen and oxygen atoms in total. The number of hydrogen-bond donors (Lipinski definition) is 1. The highest BCUT2D eigenvalue weighted by Crippen LogP contribution is 1.97. The van der Waals surface area contributed by atoms with Crippen LogP contribution in [0.15, 0.2) is 10.9 Å². The van der Waals surface area contributed by atoms with E-state index in [0.29, 0.717) is 18.0 Å². The van der Waals surface area contributed by atoms with Crippen molar-refractivity contribution >= 4 is 17.2 Å². The van der Waals surface area contributed by atoms with Crippen molar-refractivity contribution in [2.24, 2.45) is 5.73 Å². The molecule has 1 aromatic heterocycles. The molecule has 0 saturated carbocycles. The molecule has 0 amide bonds. The Morgan fingerprint density at radius 2 is 2.29 bits per heavy atom. The van der Waals surface area contributed by atoms with Crippen molar-refractivity contribution in [3.05, 3.63) is 27.9 Å². The van der Waals surface area contributed by atoms with E-state index in [1.54, 1.807) is 11.5 Å². The first-order chi connectivity index (χ1) is 6.50. The van der Waals surface area contributed by atoms with Gasteiger partial charge in [0.25, 0.3) is 0 Å². The van der Waals surface area contributed by atoms with Crippen LogP contribution in [0.5, 0.6) is 0 Å². The van der Waals surface area contributed by atoms with Crippen molar-refractivity contribution in [2.45, 2.75) is 26.8 Å². The van der Waals surface area contributed by atoms with Crippen molar-refractivity contribution < 1.29 is 0 Å². The summed E-state index contributed by atoms with van der Waals surface area (Å²) in [4.78, 5) is 15.7. The molecule has 0 saturated heterocycles. The molecule has 0 spiro atoms. The molecule has 0 atom stereocenters. The van der Waals surface area contributed by atoms with Crippen molar-refractivity contribution in [1.29, 1.82) is 0 Å². The number of thiocarbonyl (C=S) groups is 1. The maximum Gasteiger partial charge on any atom is 0.347 e. The van der Waals surface area contributed by atoms with Gasteiger partial charge in [-0.1, -0.05) is 12.2 Å². The Kier molecular flexibility index (Phi) is 3.35. The number of aromatic nitrogens is 2. The summed E-state index contributed by atoms with van der Waals surface area (Å²) in [6.07, 6.45) is 0.529. The quantitative estimate of drug-likeness (QED) is 0.741. The molecular formula is C9H13N3OS. The maximum atomic E-state index is 11.4. The van der Waals surface area contributed by atoms with Gasteiger partial charge in [-0.2, -0.15) is 4.98 Å². The second kappa shape index (κ2) is 4.32. The molecule has 1 rings (SSSR count). The highest BCUT2D eigenvalue weighted by molar-refractivity contribution is 7.80. The SMILES string of the molecule is Cc1cc(C)n(CCC(N)=S)c(=O)n1. The third kappa shape index (κ3) is 2.63. The van der Waals surface area contributed by atoms with E-state index in [2.05, 4.69) is 4.98 Å². The van der Waals surface area contributed by atoms with Crippen LogP contribution in [0.2, 0.25) is 0 Å². The van der Waals surface area contributed by atoms with Gasteiger partial charge in [0.15, 0.2) is 0 Å². The molecule has 0 fully saturated rings. The topological polar surface area (TPSA) is 60.9 Å². The van der Waals surface area contributed by atoms with Gasteiger partial charge in [0.2, 0.25) is 0 Å². The lowest BCUT2D eigenvalue weighted by molar-refractivity contribution is 0.645. The van der Waals surface area contributed by atoms with E-state index in [1.807, 2.05) is 13.0 Å². The summed E-state index contributed by atoms with van der Waals surface area (Å²) in [5.74, 6) is 0. The first-order valence-corrected chi connectivity index (χ1v) is 4.75. The van der Waals surface area contributed by atoms with Crippen LogP contribution >= 0.6 is 12.2 Å². The predicted molar refractivity (Wildman–Crippen MR) is 59.4 cm³/mol. The van der Waals surface area contributed by atoms with Crippen LogP contribution in [0.1, 0.15) is 17.8 Å². The van der Waals surface area contributed by atoms with Gasteiger partial charge in [-0.15, -0.1) is 0 Å². The number of rotatable bonds is 3. The van der Waals surface area contributed by atoms with E-state index in [0.717, 1.165) is 11.4 Å². The molecule has 76 valence electrons. The minimum absolute atomic E-state index is 0.237. The number of hydrogen-bond acceptors (Lipinski definition) is 3. The minimum atomic E-state index is -0.237. The molecule has 0 unspecified atom stereocenters. The average Bonchev–Trinajstić information content (AvgIpc) is 2.01. The first kappa shape index (κ1) is 10.8. The van der Waals surface area contributed by atoms with Crippen LogP contribution in [0, 0.1) is 13.8 Å². The molecule has 0 aliphatic carbocycles. The summed E-state index contributed by atoms with van der Waals surface area (Å²) in [5, 5.41) is 0. The summed E-state index contributed by atoms with van der Waals surface area (Å²) in [7, 11) is 0. The summed E-state index contributed by atoms with van der Waals surface area (Å²) < 4.78 is 1.58. The number of aryl methyl sites for hydroxylation is 2. The predicted octanol–water partition coefficient (Wildman–Crippen LogP) is 0.536. The Labute approximate surface area is 87.8 Å². The Balaban J connectivity index is 2.97. The number of nitrogens with zero attached hydrogens (tertiary/aromatic N) is 2. The van der Waals surface area contributed by atoms with Crippen LogP contribution in [-0.4, -0.2) is 14.5 Å². The van der Waals surface area contributed by atoms with Crippen molar-refractivity contribution in [3.8, 4) is 0 Å². The Morgan fingerprint density at radius 3 is 2.79 bits per heavy atom. The lowest BCUT2D eigenvalue weighted by Crippen LogP contribution is -2.27. The zero-order valence-electron chi connectivity index (χ0n) is 8.28. The summed E-state index contributed by atoms with van der Waals surface area (Å²) in [6.45, 7) is 4.18. The average molecular weight is 211 g/mol. The number of nitrogens with two attached hydrogens (primary N) is 1. The van der Waals surface area contributed by atoms with E-state index < -0.39 is 0 Å². The fourth-order valence-corrected chi connectivity index (χ4v) is 1.36. The van der Waals surface area contributed by atoms with Crippen LogP contribution in [0.3, 0.4) is 0 Å². The standard InChI is InChI=1S/C9H13N3OS/c1-6-5-7(2)12(9(13)11-6)4-3-8(10)14/h5H,3-4H2,1-2H3,(H2,10,14). The van der Waals surface area contributed by atoms with E-state index in [9.17, 15) is 4.79 Å². The normalized spacial score (nSPS) is 10.1. The molecule has 0 aromatic carbocycles. The van der Waals surface area contributed by atoms with Crippen molar-refractivity contribution in [2.75, 3.05) is 0 Å². The third-order valence-corrected chi connectivity index (χ3v) is 2.13. The highest BCUT2D eigenvalue weighted by Gasteiger charge is 2.02. The molecule has 2 N–H and O–H groups in total. The fraction of sp³-hybridized carbons (Fsp3) is 0.444. The van der Waals surface area contributed by atoms with Crippen LogP contribution in [-0.2, 0) is 6.54 Å². The lowest BCUT2D eigenvalue weighted by atomic mass is 10.3. The zero-order valence-corrected chi connectivity index (χ0v) is 9.10. The van der Waals surface area contributed by atoms with Gasteiger partial charge in [0, 0.05) is 24.4 Å². The summed E-state index contributed by atoms with van der Waals surface area (Å²) in [5.41, 5.74) is 6.75. The molecular weight excluding hydrogens is 198 g/mol. The van der Waals surface area contributed by atoms with E-state index >= 15 is 0 Å². The highest BCUT2D eigenvalue weighted by atomic mass is 32.1. The van der Waals surface area contributed by atoms with E-state index in [-0.39, 0.29) is 5.69 Å². The summed E-state index contributed by atoms with van der Waals surface area (Å²) >= 11 is 4.75. The van der Waals surface area contributed by atoms with Crippen LogP contribution < -0.4 is 11.4 Å². The third-order valence-electron chi connectivity index (χ3n) is 1.93. The smallest absolute Gasteiger partial charge is 0.347 e. The van der Waals surface area contributed by atoms with E-state index in [1.165, 1.54) is 0 Å². The molecule has 1 heterocycles. The fourth-order valence-electron chi connectivity index (χ4n) is 1.27. The lowest BCUT2D eigenvalue weighted by Gasteiger charge is -2.08. The van der Waals surface area contributed by atoms with Gasteiger partial charge in [-0.3, -0.25) is 4.57 Å². The van der Waals surface area contributed by atoms with Gasteiger partial charge in [-0.05, 0) is 19.9 Å². The van der Waals surface area contributed by atoms with Gasteiger partial charge < -0.3 is 5.73 Å². The van der Waals surface area contributed by atoms with Crippen LogP contribution in [0.4, 0.5) is 0 Å². The van der Waals surface area contributed by atoms with Gasteiger partial charge in [-0.25, -0.2) is 4.79 Å². The Hall–Kier alpha value is -1.23. The van der Waals surface area contributed by atoms with Gasteiger partial charge in [0.05, 0.1) is 4.99 Å². The molecule has 1 aromatic rings. The second-order valence-electron chi connectivity index (χ2n) is 3.19. The van der Waals surface area contributed by atoms with Gasteiger partial charge in [0.1, 0.15) is 0 Å². The van der Waals surface area contributed by atoms with E-state index in [4.69, 9.17) is 18.0 Å². The molecule has 0 bridgehead atoms. The second-order valence-corrected chi connectivity index (χ2v) is 3.71. The molecule has 0 aliphatic rings. The largest absolute Gasteiger partial charge is 0.393 e. The van der Waals surface area contributed by atoms with Crippen LogP contribution in [0.25, 0.3) is 0 Å². The van der Waals surface area contributed by atoms with Crippen molar-refractivity contribution in [3.63, 3.8) is 0 Å². The summed E-state index contributed by atoms with van der Waals surface area (Å²) in [6, 6.07) is 1.86. The Bertz CT molecular complexity index is 411. The van der Waals surface area contributed by atoms with Crippen molar-refractivity contribution in [1.82, 2.24) is 9.55 Å². The minimum Gasteiger partial charge on any atom is -0.393 e. The monoisotopic (exact) mass is 211 g/mol. The van der Waals surface area contributed by atoms with Gasteiger partial charge >= 0.3 is 5.69 Å². The molecule has 5 heteroatoms. The zero-order chi connectivity index (χ0) is 10.7. The Morgan fingerprint density at radius 1 is 1.64 bits per heavy atom. The molecule has 14 heavy (non-hydrogen) atoms. The first-order valence-electron chi connectivity index (χ1n) is 4.34. The molecule has 0 aliphatic heterocycles.